The molecule has 20 heavy (non-hydrogen) atoms. The first-order valence-corrected chi connectivity index (χ1v) is 7.06. The molecule has 0 bridgehead atoms. The molecule has 1 fully saturated rings. The summed E-state index contributed by atoms with van der Waals surface area (Å²) in [4.78, 5) is 11.2. The molecule has 1 saturated heterocycles. The van der Waals surface area contributed by atoms with Crippen LogP contribution in [0, 0.1) is 0 Å². The number of hydrogen-bond donors (Lipinski definition) is 0. The first kappa shape index (κ1) is 11.8. The molecule has 0 amide bonds. The Labute approximate surface area is 117 Å². The van der Waals surface area contributed by atoms with Gasteiger partial charge in [-0.05, 0) is 12.5 Å². The van der Waals surface area contributed by atoms with Crippen LogP contribution in [-0.4, -0.2) is 39.4 Å². The maximum atomic E-state index is 5.57. The molecule has 2 aliphatic rings. The Balaban J connectivity index is 1.60. The zero-order chi connectivity index (χ0) is 13.4. The van der Waals surface area contributed by atoms with Gasteiger partial charge >= 0.3 is 0 Å². The van der Waals surface area contributed by atoms with E-state index in [0.717, 1.165) is 44.0 Å². The predicted molar refractivity (Wildman–Crippen MR) is 73.5 cm³/mol. The summed E-state index contributed by atoms with van der Waals surface area (Å²) in [6, 6.07) is 2.41. The summed E-state index contributed by atoms with van der Waals surface area (Å²) in [5.74, 6) is 1.05. The highest BCUT2D eigenvalue weighted by atomic mass is 16.5. The number of aromatic nitrogens is 4. The van der Waals surface area contributed by atoms with E-state index in [2.05, 4.69) is 20.0 Å². The molecule has 0 aliphatic carbocycles. The van der Waals surface area contributed by atoms with E-state index in [-0.39, 0.29) is 0 Å². The van der Waals surface area contributed by atoms with E-state index in [0.29, 0.717) is 12.6 Å². The number of nitrogens with zero attached hydrogens (tertiary/aromatic N) is 5. The van der Waals surface area contributed by atoms with Gasteiger partial charge in [0.2, 0.25) is 0 Å². The Morgan fingerprint density at radius 3 is 3.20 bits per heavy atom. The van der Waals surface area contributed by atoms with Gasteiger partial charge < -0.3 is 9.64 Å². The van der Waals surface area contributed by atoms with Gasteiger partial charge in [-0.25, -0.2) is 9.97 Å². The second kappa shape index (κ2) is 4.86. The monoisotopic (exact) mass is 271 g/mol. The fraction of sp³-hybridized carbons (Fsp3) is 0.500. The third kappa shape index (κ3) is 1.96. The molecule has 4 heterocycles. The van der Waals surface area contributed by atoms with Gasteiger partial charge in [0.15, 0.2) is 0 Å². The Morgan fingerprint density at radius 2 is 2.30 bits per heavy atom. The SMILES string of the molecule is c1cnn(C2CCN(c3ncnc4c3COCC4)C2)c1. The van der Waals surface area contributed by atoms with Crippen LogP contribution < -0.4 is 4.90 Å². The van der Waals surface area contributed by atoms with Crippen molar-refractivity contribution in [1.29, 1.82) is 0 Å². The van der Waals surface area contributed by atoms with Crippen molar-refractivity contribution in [1.82, 2.24) is 19.7 Å². The lowest BCUT2D eigenvalue weighted by Gasteiger charge is -2.24. The summed E-state index contributed by atoms with van der Waals surface area (Å²) in [7, 11) is 0. The average molecular weight is 271 g/mol. The van der Waals surface area contributed by atoms with E-state index in [9.17, 15) is 0 Å². The van der Waals surface area contributed by atoms with E-state index in [1.54, 1.807) is 6.33 Å². The minimum atomic E-state index is 0.431. The standard InChI is InChI=1S/C14H17N5O/c1-4-17-19(5-1)11-2-6-18(8-11)14-12-9-20-7-3-13(12)15-10-16-14/h1,4-5,10-11H,2-3,6-9H2. The van der Waals surface area contributed by atoms with Crippen molar-refractivity contribution in [3.63, 3.8) is 0 Å². The lowest BCUT2D eigenvalue weighted by Crippen LogP contribution is -2.26. The maximum Gasteiger partial charge on any atom is 0.137 e. The molecule has 6 heteroatoms. The molecule has 1 atom stereocenters. The predicted octanol–water partition coefficient (Wildman–Crippen LogP) is 1.20. The summed E-state index contributed by atoms with van der Waals surface area (Å²) < 4.78 is 7.62. The van der Waals surface area contributed by atoms with Gasteiger partial charge in [0.25, 0.3) is 0 Å². The third-order valence-electron chi connectivity index (χ3n) is 4.10. The third-order valence-corrected chi connectivity index (χ3v) is 4.10. The normalized spacial score (nSPS) is 22.0. The molecule has 1 unspecified atom stereocenters. The highest BCUT2D eigenvalue weighted by molar-refractivity contribution is 5.49. The van der Waals surface area contributed by atoms with E-state index in [4.69, 9.17) is 4.74 Å². The highest BCUT2D eigenvalue weighted by Gasteiger charge is 2.28. The zero-order valence-electron chi connectivity index (χ0n) is 11.3. The lowest BCUT2D eigenvalue weighted by molar-refractivity contribution is 0.109. The van der Waals surface area contributed by atoms with Crippen molar-refractivity contribution < 1.29 is 4.74 Å². The summed E-state index contributed by atoms with van der Waals surface area (Å²) in [5, 5.41) is 4.35. The Hall–Kier alpha value is -1.95. The van der Waals surface area contributed by atoms with Crippen LogP contribution in [0.2, 0.25) is 0 Å². The topological polar surface area (TPSA) is 56.1 Å². The molecule has 4 rings (SSSR count). The van der Waals surface area contributed by atoms with Crippen molar-refractivity contribution in [3.05, 3.63) is 36.0 Å². The molecule has 0 saturated carbocycles. The molecule has 0 N–H and O–H groups in total. The van der Waals surface area contributed by atoms with E-state index < -0.39 is 0 Å². The first-order chi connectivity index (χ1) is 9.92. The van der Waals surface area contributed by atoms with Crippen LogP contribution in [-0.2, 0) is 17.8 Å². The van der Waals surface area contributed by atoms with Gasteiger partial charge in [-0.3, -0.25) is 4.68 Å². The molecular formula is C14H17N5O. The molecule has 0 aromatic carbocycles. The number of hydrogen-bond acceptors (Lipinski definition) is 5. The first-order valence-electron chi connectivity index (χ1n) is 7.06. The molecule has 104 valence electrons. The van der Waals surface area contributed by atoms with Crippen molar-refractivity contribution in [3.8, 4) is 0 Å². The summed E-state index contributed by atoms with van der Waals surface area (Å²) in [6.07, 6.45) is 7.54. The van der Waals surface area contributed by atoms with Crippen LogP contribution in [0.15, 0.2) is 24.8 Å². The van der Waals surface area contributed by atoms with Gasteiger partial charge in [-0.2, -0.15) is 5.10 Å². The maximum absolute atomic E-state index is 5.57. The van der Waals surface area contributed by atoms with Crippen molar-refractivity contribution in [2.45, 2.75) is 25.5 Å². The molecular weight excluding hydrogens is 254 g/mol. The molecule has 0 radical (unpaired) electrons. The van der Waals surface area contributed by atoms with Crippen molar-refractivity contribution in [2.75, 3.05) is 24.6 Å². The van der Waals surface area contributed by atoms with Crippen LogP contribution in [0.1, 0.15) is 23.7 Å². The molecule has 2 aliphatic heterocycles. The summed E-state index contributed by atoms with van der Waals surface area (Å²) in [5.41, 5.74) is 2.31. The summed E-state index contributed by atoms with van der Waals surface area (Å²) >= 11 is 0. The van der Waals surface area contributed by atoms with Crippen LogP contribution in [0.4, 0.5) is 5.82 Å². The minimum absolute atomic E-state index is 0.431. The second-order valence-electron chi connectivity index (χ2n) is 5.30. The van der Waals surface area contributed by atoms with E-state index in [1.807, 2.05) is 23.1 Å². The molecule has 0 spiro atoms. The average Bonchev–Trinajstić information content (AvgIpc) is 3.17. The fourth-order valence-corrected chi connectivity index (χ4v) is 3.06. The number of fused-ring (bicyclic) bond motifs is 1. The van der Waals surface area contributed by atoms with Crippen LogP contribution in [0.5, 0.6) is 0 Å². The lowest BCUT2D eigenvalue weighted by atomic mass is 10.1. The van der Waals surface area contributed by atoms with Gasteiger partial charge in [-0.15, -0.1) is 0 Å². The van der Waals surface area contributed by atoms with Crippen molar-refractivity contribution >= 4 is 5.82 Å². The minimum Gasteiger partial charge on any atom is -0.376 e. The number of ether oxygens (including phenoxy) is 1. The zero-order valence-corrected chi connectivity index (χ0v) is 11.3. The smallest absolute Gasteiger partial charge is 0.137 e. The van der Waals surface area contributed by atoms with Gasteiger partial charge in [0.1, 0.15) is 12.1 Å². The molecule has 2 aromatic rings. The Morgan fingerprint density at radius 1 is 1.30 bits per heavy atom. The van der Waals surface area contributed by atoms with Crippen LogP contribution in [0.25, 0.3) is 0 Å². The Bertz CT molecular complexity index is 598. The van der Waals surface area contributed by atoms with Gasteiger partial charge in [0.05, 0.1) is 24.9 Å². The fourth-order valence-electron chi connectivity index (χ4n) is 3.06. The van der Waals surface area contributed by atoms with Crippen molar-refractivity contribution in [2.24, 2.45) is 0 Å². The summed E-state index contributed by atoms with van der Waals surface area (Å²) in [6.45, 7) is 3.35. The van der Waals surface area contributed by atoms with E-state index >= 15 is 0 Å². The van der Waals surface area contributed by atoms with Gasteiger partial charge in [0, 0.05) is 37.5 Å². The van der Waals surface area contributed by atoms with E-state index in [1.165, 1.54) is 5.56 Å². The van der Waals surface area contributed by atoms with Crippen LogP contribution in [0.3, 0.4) is 0 Å². The molecule has 6 nitrogen and oxygen atoms in total. The number of rotatable bonds is 2. The number of anilines is 1. The van der Waals surface area contributed by atoms with Gasteiger partial charge in [-0.1, -0.05) is 0 Å². The second-order valence-corrected chi connectivity index (χ2v) is 5.30. The van der Waals surface area contributed by atoms with Crippen LogP contribution >= 0.6 is 0 Å². The highest BCUT2D eigenvalue weighted by Crippen LogP contribution is 2.30. The Kier molecular flexibility index (Phi) is 2.88. The largest absolute Gasteiger partial charge is 0.376 e. The quantitative estimate of drug-likeness (QED) is 0.821. The molecule has 2 aromatic heterocycles.